The van der Waals surface area contributed by atoms with Gasteiger partial charge < -0.3 is 5.11 Å². The van der Waals surface area contributed by atoms with Gasteiger partial charge in [-0.2, -0.15) is 8.78 Å². The molecule has 0 heterocycles. The van der Waals surface area contributed by atoms with E-state index in [1.54, 1.807) is 13.8 Å². The Morgan fingerprint density at radius 3 is 2.44 bits per heavy atom. The summed E-state index contributed by atoms with van der Waals surface area (Å²) in [5, 5.41) is 9.23. The summed E-state index contributed by atoms with van der Waals surface area (Å²) in [6, 6.07) is 0. The van der Waals surface area contributed by atoms with Gasteiger partial charge in [-0.05, 0) is 12.3 Å². The Morgan fingerprint density at radius 2 is 2.00 bits per heavy atom. The SMILES string of the molecule is CCC/C=C/C(O)C(F)(F)C(=O)CC(C)C. The largest absolute Gasteiger partial charge is 0.382 e. The molecule has 0 radical (unpaired) electrons. The smallest absolute Gasteiger partial charge is 0.333 e. The Morgan fingerprint density at radius 1 is 1.44 bits per heavy atom. The average molecular weight is 234 g/mol. The van der Waals surface area contributed by atoms with Crippen LogP contribution in [0.3, 0.4) is 0 Å². The Bertz CT molecular complexity index is 247. The maximum Gasteiger partial charge on any atom is 0.333 e. The monoisotopic (exact) mass is 234 g/mol. The van der Waals surface area contributed by atoms with Crippen LogP contribution in [0.5, 0.6) is 0 Å². The van der Waals surface area contributed by atoms with Gasteiger partial charge >= 0.3 is 5.92 Å². The molecule has 0 saturated carbocycles. The van der Waals surface area contributed by atoms with Crippen LogP contribution in [-0.4, -0.2) is 22.9 Å². The minimum atomic E-state index is -3.67. The van der Waals surface area contributed by atoms with Gasteiger partial charge in [-0.1, -0.05) is 39.3 Å². The van der Waals surface area contributed by atoms with E-state index in [2.05, 4.69) is 0 Å². The van der Waals surface area contributed by atoms with Gasteiger partial charge in [0.2, 0.25) is 5.78 Å². The molecule has 0 bridgehead atoms. The van der Waals surface area contributed by atoms with Crippen molar-refractivity contribution in [3.8, 4) is 0 Å². The summed E-state index contributed by atoms with van der Waals surface area (Å²) < 4.78 is 26.7. The lowest BCUT2D eigenvalue weighted by Gasteiger charge is -2.19. The minimum Gasteiger partial charge on any atom is -0.382 e. The van der Waals surface area contributed by atoms with Gasteiger partial charge in [0.1, 0.15) is 6.10 Å². The zero-order valence-electron chi connectivity index (χ0n) is 10.0. The highest BCUT2D eigenvalue weighted by Gasteiger charge is 2.44. The number of hydrogen-bond acceptors (Lipinski definition) is 2. The lowest BCUT2D eigenvalue weighted by molar-refractivity contribution is -0.156. The van der Waals surface area contributed by atoms with E-state index in [-0.39, 0.29) is 12.3 Å². The molecule has 94 valence electrons. The molecular formula is C12H20F2O2. The number of ketones is 1. The molecule has 1 atom stereocenters. The van der Waals surface area contributed by atoms with E-state index >= 15 is 0 Å². The van der Waals surface area contributed by atoms with Crippen LogP contribution in [0.1, 0.15) is 40.0 Å². The molecule has 0 aliphatic rings. The summed E-state index contributed by atoms with van der Waals surface area (Å²) in [5.74, 6) is -5.00. The van der Waals surface area contributed by atoms with Crippen molar-refractivity contribution in [3.05, 3.63) is 12.2 Å². The third-order valence-electron chi connectivity index (χ3n) is 2.11. The van der Waals surface area contributed by atoms with E-state index in [0.29, 0.717) is 6.42 Å². The number of rotatable bonds is 7. The third-order valence-corrected chi connectivity index (χ3v) is 2.11. The van der Waals surface area contributed by atoms with Crippen molar-refractivity contribution in [1.82, 2.24) is 0 Å². The predicted octanol–water partition coefficient (Wildman–Crippen LogP) is 2.95. The molecule has 0 aromatic heterocycles. The summed E-state index contributed by atoms with van der Waals surface area (Å²) in [5.41, 5.74) is 0. The summed E-state index contributed by atoms with van der Waals surface area (Å²) in [6.07, 6.45) is 1.68. The normalized spacial score (nSPS) is 14.7. The number of halogens is 2. The number of alkyl halides is 2. The highest BCUT2D eigenvalue weighted by molar-refractivity contribution is 5.86. The first-order valence-electron chi connectivity index (χ1n) is 5.58. The fourth-order valence-corrected chi connectivity index (χ4v) is 1.18. The number of aliphatic hydroxyl groups is 1. The molecule has 0 amide bonds. The van der Waals surface area contributed by atoms with E-state index in [0.717, 1.165) is 12.5 Å². The molecule has 0 rings (SSSR count). The fraction of sp³-hybridized carbons (Fsp3) is 0.750. The molecule has 16 heavy (non-hydrogen) atoms. The van der Waals surface area contributed by atoms with Crippen LogP contribution in [-0.2, 0) is 4.79 Å². The Hall–Kier alpha value is -0.770. The second-order valence-electron chi connectivity index (χ2n) is 4.31. The molecular weight excluding hydrogens is 214 g/mol. The van der Waals surface area contributed by atoms with E-state index in [1.165, 1.54) is 6.08 Å². The maximum atomic E-state index is 13.3. The minimum absolute atomic E-state index is 0.134. The Kier molecular flexibility index (Phi) is 6.41. The van der Waals surface area contributed by atoms with Gasteiger partial charge in [0.15, 0.2) is 0 Å². The molecule has 1 unspecified atom stereocenters. The van der Waals surface area contributed by atoms with Gasteiger partial charge in [-0.15, -0.1) is 0 Å². The van der Waals surface area contributed by atoms with E-state index in [1.807, 2.05) is 6.92 Å². The van der Waals surface area contributed by atoms with Crippen molar-refractivity contribution in [3.63, 3.8) is 0 Å². The van der Waals surface area contributed by atoms with E-state index in [9.17, 15) is 18.7 Å². The molecule has 4 heteroatoms. The lowest BCUT2D eigenvalue weighted by Crippen LogP contribution is -2.40. The standard InChI is InChI=1S/C12H20F2O2/c1-4-5-6-7-10(15)12(13,14)11(16)8-9(2)3/h6-7,9-10,15H,4-5,8H2,1-3H3/b7-6+. The number of aliphatic hydroxyl groups excluding tert-OH is 1. The molecule has 0 aliphatic heterocycles. The average Bonchev–Trinajstić information content (AvgIpc) is 2.16. The van der Waals surface area contributed by atoms with Crippen LogP contribution in [0.4, 0.5) is 8.78 Å². The summed E-state index contributed by atoms with van der Waals surface area (Å²) in [6.45, 7) is 5.28. The molecule has 1 N–H and O–H groups in total. The maximum absolute atomic E-state index is 13.3. The second-order valence-corrected chi connectivity index (χ2v) is 4.31. The molecule has 0 aromatic carbocycles. The number of Topliss-reactive ketones (excluding diaryl/α,β-unsaturated/α-hetero) is 1. The number of carbonyl (C=O) groups excluding carboxylic acids is 1. The zero-order valence-corrected chi connectivity index (χ0v) is 10.0. The Labute approximate surface area is 95.4 Å². The molecule has 0 aliphatic carbocycles. The van der Waals surface area contributed by atoms with Crippen molar-refractivity contribution in [2.75, 3.05) is 0 Å². The van der Waals surface area contributed by atoms with Crippen molar-refractivity contribution in [2.45, 2.75) is 52.1 Å². The first-order valence-corrected chi connectivity index (χ1v) is 5.58. The number of unbranched alkanes of at least 4 members (excludes halogenated alkanes) is 1. The van der Waals surface area contributed by atoms with E-state index in [4.69, 9.17) is 0 Å². The Balaban J connectivity index is 4.45. The van der Waals surface area contributed by atoms with Crippen LogP contribution in [0, 0.1) is 5.92 Å². The van der Waals surface area contributed by atoms with Gasteiger partial charge in [0, 0.05) is 6.42 Å². The van der Waals surface area contributed by atoms with Crippen LogP contribution >= 0.6 is 0 Å². The molecule has 0 aromatic rings. The highest BCUT2D eigenvalue weighted by atomic mass is 19.3. The van der Waals surface area contributed by atoms with Crippen molar-refractivity contribution >= 4 is 5.78 Å². The van der Waals surface area contributed by atoms with Crippen molar-refractivity contribution in [2.24, 2.45) is 5.92 Å². The molecule has 0 saturated heterocycles. The number of carbonyl (C=O) groups is 1. The highest BCUT2D eigenvalue weighted by Crippen LogP contribution is 2.24. The first kappa shape index (κ1) is 15.2. The second kappa shape index (κ2) is 6.74. The van der Waals surface area contributed by atoms with Gasteiger partial charge in [-0.3, -0.25) is 4.79 Å². The lowest BCUT2D eigenvalue weighted by atomic mass is 9.99. The fourth-order valence-electron chi connectivity index (χ4n) is 1.18. The summed E-state index contributed by atoms with van der Waals surface area (Å²) in [4.78, 5) is 11.2. The van der Waals surface area contributed by atoms with E-state index < -0.39 is 17.8 Å². The predicted molar refractivity (Wildman–Crippen MR) is 59.5 cm³/mol. The topological polar surface area (TPSA) is 37.3 Å². The van der Waals surface area contributed by atoms with Crippen LogP contribution < -0.4 is 0 Å². The van der Waals surface area contributed by atoms with Crippen LogP contribution in [0.2, 0.25) is 0 Å². The summed E-state index contributed by atoms with van der Waals surface area (Å²) >= 11 is 0. The molecule has 0 fully saturated rings. The van der Waals surface area contributed by atoms with Crippen LogP contribution in [0.25, 0.3) is 0 Å². The van der Waals surface area contributed by atoms with Gasteiger partial charge in [0.25, 0.3) is 0 Å². The first-order chi connectivity index (χ1) is 7.32. The van der Waals surface area contributed by atoms with Gasteiger partial charge in [0.05, 0.1) is 0 Å². The van der Waals surface area contributed by atoms with Crippen molar-refractivity contribution in [1.29, 1.82) is 0 Å². The molecule has 2 nitrogen and oxygen atoms in total. The number of allylic oxidation sites excluding steroid dienone is 1. The quantitative estimate of drug-likeness (QED) is 0.688. The number of hydrogen-bond donors (Lipinski definition) is 1. The van der Waals surface area contributed by atoms with Crippen molar-refractivity contribution < 1.29 is 18.7 Å². The zero-order chi connectivity index (χ0) is 12.8. The van der Waals surface area contributed by atoms with Gasteiger partial charge in [-0.25, -0.2) is 0 Å². The van der Waals surface area contributed by atoms with Crippen LogP contribution in [0.15, 0.2) is 12.2 Å². The molecule has 0 spiro atoms. The third kappa shape index (κ3) is 4.84. The summed E-state index contributed by atoms with van der Waals surface area (Å²) in [7, 11) is 0.